The number of rotatable bonds is 6. The van der Waals surface area contributed by atoms with Crippen molar-refractivity contribution >= 4 is 11.9 Å². The van der Waals surface area contributed by atoms with E-state index in [4.69, 9.17) is 4.74 Å². The molecular formula is C14H19NO4. The molecule has 0 heterocycles. The third-order valence-corrected chi connectivity index (χ3v) is 2.50. The summed E-state index contributed by atoms with van der Waals surface area (Å²) in [7, 11) is 0. The highest BCUT2D eigenvalue weighted by Gasteiger charge is 2.18. The Bertz CT molecular complexity index is 445. The summed E-state index contributed by atoms with van der Waals surface area (Å²) in [4.78, 5) is 25.1. The van der Waals surface area contributed by atoms with Crippen molar-refractivity contribution in [1.29, 1.82) is 0 Å². The first-order chi connectivity index (χ1) is 9.08. The number of phenolic OH excluding ortho intramolecular Hbond substituents is 1. The van der Waals surface area contributed by atoms with E-state index in [1.54, 1.807) is 19.1 Å². The zero-order chi connectivity index (χ0) is 14.3. The average molecular weight is 265 g/mol. The Morgan fingerprint density at radius 2 is 2.05 bits per heavy atom. The first-order valence-electron chi connectivity index (χ1n) is 6.32. The van der Waals surface area contributed by atoms with Crippen LogP contribution in [0.25, 0.3) is 0 Å². The summed E-state index contributed by atoms with van der Waals surface area (Å²) >= 11 is 0. The lowest BCUT2D eigenvalue weighted by Gasteiger charge is -2.21. The molecule has 0 fully saturated rings. The number of hydrogen-bond donors (Lipinski definition) is 1. The number of amides is 1. The van der Waals surface area contributed by atoms with Crippen LogP contribution in [0, 0.1) is 0 Å². The minimum atomic E-state index is -0.426. The molecule has 0 saturated carbocycles. The molecule has 1 N–H and O–H groups in total. The van der Waals surface area contributed by atoms with Gasteiger partial charge in [0.2, 0.25) is 0 Å². The van der Waals surface area contributed by atoms with Crippen molar-refractivity contribution in [2.24, 2.45) is 0 Å². The monoisotopic (exact) mass is 265 g/mol. The Morgan fingerprint density at radius 3 is 2.63 bits per heavy atom. The van der Waals surface area contributed by atoms with Crippen LogP contribution in [0.3, 0.4) is 0 Å². The van der Waals surface area contributed by atoms with Gasteiger partial charge in [-0.05, 0) is 31.5 Å². The molecule has 104 valence electrons. The fourth-order valence-corrected chi connectivity index (χ4v) is 1.71. The molecule has 0 bridgehead atoms. The molecule has 0 aromatic heterocycles. The predicted molar refractivity (Wildman–Crippen MR) is 70.9 cm³/mol. The Hall–Kier alpha value is -2.04. The molecule has 1 rings (SSSR count). The Morgan fingerprint density at radius 1 is 1.32 bits per heavy atom. The molecule has 0 aliphatic heterocycles. The van der Waals surface area contributed by atoms with Gasteiger partial charge in [0.15, 0.2) is 0 Å². The van der Waals surface area contributed by atoms with E-state index in [0.717, 1.165) is 6.42 Å². The second-order valence-corrected chi connectivity index (χ2v) is 4.08. The van der Waals surface area contributed by atoms with Crippen molar-refractivity contribution in [1.82, 2.24) is 4.90 Å². The molecule has 0 radical (unpaired) electrons. The number of phenols is 1. The lowest BCUT2D eigenvalue weighted by molar-refractivity contribution is -0.143. The van der Waals surface area contributed by atoms with Crippen LogP contribution >= 0.6 is 0 Å². The zero-order valence-electron chi connectivity index (χ0n) is 11.3. The molecule has 5 heteroatoms. The van der Waals surface area contributed by atoms with Crippen molar-refractivity contribution in [2.45, 2.75) is 20.3 Å². The average Bonchev–Trinajstić information content (AvgIpc) is 2.37. The molecule has 19 heavy (non-hydrogen) atoms. The summed E-state index contributed by atoms with van der Waals surface area (Å²) in [6.07, 6.45) is 0.740. The van der Waals surface area contributed by atoms with Crippen molar-refractivity contribution < 1.29 is 19.4 Å². The van der Waals surface area contributed by atoms with Gasteiger partial charge < -0.3 is 14.7 Å². The highest BCUT2D eigenvalue weighted by molar-refractivity contribution is 5.96. The number of nitrogens with zero attached hydrogens (tertiary/aromatic N) is 1. The number of hydrogen-bond acceptors (Lipinski definition) is 4. The maximum Gasteiger partial charge on any atom is 0.325 e. The number of carbonyl (C=O) groups is 2. The molecule has 0 atom stereocenters. The first kappa shape index (κ1) is 15.0. The van der Waals surface area contributed by atoms with Crippen LogP contribution in [0.1, 0.15) is 30.6 Å². The third-order valence-electron chi connectivity index (χ3n) is 2.50. The van der Waals surface area contributed by atoms with Crippen molar-refractivity contribution in [2.75, 3.05) is 19.7 Å². The summed E-state index contributed by atoms with van der Waals surface area (Å²) in [5.41, 5.74) is 0.359. The van der Waals surface area contributed by atoms with Crippen LogP contribution in [-0.2, 0) is 9.53 Å². The van der Waals surface area contributed by atoms with Gasteiger partial charge in [-0.2, -0.15) is 0 Å². The molecule has 0 aliphatic carbocycles. The Balaban J connectivity index is 2.80. The van der Waals surface area contributed by atoms with E-state index in [-0.39, 0.29) is 18.2 Å². The van der Waals surface area contributed by atoms with E-state index in [1.807, 2.05) is 6.92 Å². The highest BCUT2D eigenvalue weighted by atomic mass is 16.5. The summed E-state index contributed by atoms with van der Waals surface area (Å²) in [6.45, 7) is 4.33. The molecule has 0 aliphatic rings. The van der Waals surface area contributed by atoms with E-state index < -0.39 is 5.97 Å². The molecule has 0 spiro atoms. The molecular weight excluding hydrogens is 246 g/mol. The normalized spacial score (nSPS) is 10.0. The van der Waals surface area contributed by atoms with Crippen LogP contribution in [0.5, 0.6) is 5.75 Å². The lowest BCUT2D eigenvalue weighted by Crippen LogP contribution is -2.37. The van der Waals surface area contributed by atoms with Crippen LogP contribution < -0.4 is 0 Å². The SMILES string of the molecule is CCCN(CC(=O)OCC)C(=O)c1cccc(O)c1. The Labute approximate surface area is 112 Å². The zero-order valence-corrected chi connectivity index (χ0v) is 11.3. The van der Waals surface area contributed by atoms with Crippen molar-refractivity contribution in [3.05, 3.63) is 29.8 Å². The molecule has 0 unspecified atom stereocenters. The van der Waals surface area contributed by atoms with E-state index >= 15 is 0 Å². The maximum atomic E-state index is 12.2. The maximum absolute atomic E-state index is 12.2. The minimum Gasteiger partial charge on any atom is -0.508 e. The molecule has 5 nitrogen and oxygen atoms in total. The molecule has 1 amide bonds. The van der Waals surface area contributed by atoms with Crippen LogP contribution in [0.4, 0.5) is 0 Å². The summed E-state index contributed by atoms with van der Waals surface area (Å²) in [5.74, 6) is -0.686. The van der Waals surface area contributed by atoms with Gasteiger partial charge in [-0.1, -0.05) is 13.0 Å². The molecule has 1 aromatic carbocycles. The number of benzene rings is 1. The van der Waals surface area contributed by atoms with Gasteiger partial charge >= 0.3 is 5.97 Å². The fourth-order valence-electron chi connectivity index (χ4n) is 1.71. The largest absolute Gasteiger partial charge is 0.508 e. The topological polar surface area (TPSA) is 66.8 Å². The molecule has 0 saturated heterocycles. The third kappa shape index (κ3) is 4.62. The number of carbonyl (C=O) groups excluding carboxylic acids is 2. The van der Waals surface area contributed by atoms with Gasteiger partial charge in [0.1, 0.15) is 12.3 Å². The molecule has 1 aromatic rings. The Kier molecular flexibility index (Phi) is 5.85. The van der Waals surface area contributed by atoms with E-state index in [9.17, 15) is 14.7 Å². The predicted octanol–water partition coefficient (Wildman–Crippen LogP) is 1.81. The second-order valence-electron chi connectivity index (χ2n) is 4.08. The first-order valence-corrected chi connectivity index (χ1v) is 6.32. The van der Waals surface area contributed by atoms with Crippen molar-refractivity contribution in [3.8, 4) is 5.75 Å². The standard InChI is InChI=1S/C14H19NO4/c1-3-8-15(10-13(17)19-4-2)14(18)11-6-5-7-12(16)9-11/h5-7,9,16H,3-4,8,10H2,1-2H3. The van der Waals surface area contributed by atoms with Crippen LogP contribution in [0.2, 0.25) is 0 Å². The van der Waals surface area contributed by atoms with E-state index in [2.05, 4.69) is 0 Å². The van der Waals surface area contributed by atoms with Gasteiger partial charge in [0.25, 0.3) is 5.91 Å². The summed E-state index contributed by atoms with van der Waals surface area (Å²) in [5, 5.41) is 9.38. The van der Waals surface area contributed by atoms with E-state index in [0.29, 0.717) is 18.7 Å². The van der Waals surface area contributed by atoms with Gasteiger partial charge in [-0.3, -0.25) is 9.59 Å². The highest BCUT2D eigenvalue weighted by Crippen LogP contribution is 2.13. The smallest absolute Gasteiger partial charge is 0.325 e. The van der Waals surface area contributed by atoms with E-state index in [1.165, 1.54) is 17.0 Å². The van der Waals surface area contributed by atoms with Gasteiger partial charge in [-0.25, -0.2) is 0 Å². The lowest BCUT2D eigenvalue weighted by atomic mass is 10.2. The van der Waals surface area contributed by atoms with Crippen molar-refractivity contribution in [3.63, 3.8) is 0 Å². The fraction of sp³-hybridized carbons (Fsp3) is 0.429. The van der Waals surface area contributed by atoms with Gasteiger partial charge in [-0.15, -0.1) is 0 Å². The number of ether oxygens (including phenoxy) is 1. The second kappa shape index (κ2) is 7.41. The summed E-state index contributed by atoms with van der Waals surface area (Å²) < 4.78 is 4.85. The van der Waals surface area contributed by atoms with Gasteiger partial charge in [0, 0.05) is 12.1 Å². The van der Waals surface area contributed by atoms with Gasteiger partial charge in [0.05, 0.1) is 6.61 Å². The quantitative estimate of drug-likeness (QED) is 0.796. The summed E-state index contributed by atoms with van der Waals surface area (Å²) in [6, 6.07) is 6.08. The van der Waals surface area contributed by atoms with Crippen LogP contribution in [-0.4, -0.2) is 41.6 Å². The van der Waals surface area contributed by atoms with Crippen LogP contribution in [0.15, 0.2) is 24.3 Å². The minimum absolute atomic E-state index is 0.0263. The number of aromatic hydroxyl groups is 1. The number of esters is 1.